The van der Waals surface area contributed by atoms with E-state index in [4.69, 9.17) is 9.47 Å². The second-order valence-electron chi connectivity index (χ2n) is 19.7. The standard InChI is InChI=1S/C56H107NO8/c1-3-5-7-9-11-13-15-16-17-18-19-20-21-22-23-24-25-26-27-28-29-30-31-32-33-34-35-36-38-40-42-44-46-52(60)57-49(48-64-56-55(63)54(62)53(61)51(47-58)65-56)50(59)45-43-41-39-37-14-12-10-8-6-4-2/h14,37,43,45,49-51,53-56,58-59,61-63H,3-13,15-36,38-42,44,46-48H2,1-2H3,(H,57,60)/b37-14+,45-43+. The molecule has 0 radical (unpaired) electrons. The van der Waals surface area contributed by atoms with Crippen LogP contribution in [0.4, 0.5) is 0 Å². The van der Waals surface area contributed by atoms with Gasteiger partial charge in [0.15, 0.2) is 6.29 Å². The van der Waals surface area contributed by atoms with Crippen molar-refractivity contribution in [3.8, 4) is 0 Å². The van der Waals surface area contributed by atoms with Gasteiger partial charge in [0.05, 0.1) is 25.4 Å². The summed E-state index contributed by atoms with van der Waals surface area (Å²) in [4.78, 5) is 13.0. The van der Waals surface area contributed by atoms with Gasteiger partial charge in [-0.15, -0.1) is 0 Å². The Labute approximate surface area is 400 Å². The number of unbranched alkanes of at least 4 members (excludes halogenated alkanes) is 36. The molecule has 0 spiro atoms. The third-order valence-corrected chi connectivity index (χ3v) is 13.5. The van der Waals surface area contributed by atoms with Crippen LogP contribution >= 0.6 is 0 Å². The third-order valence-electron chi connectivity index (χ3n) is 13.5. The lowest BCUT2D eigenvalue weighted by atomic mass is 9.99. The molecular weight excluding hydrogens is 815 g/mol. The maximum atomic E-state index is 13.0. The van der Waals surface area contributed by atoms with E-state index in [1.807, 2.05) is 6.08 Å². The van der Waals surface area contributed by atoms with Gasteiger partial charge in [-0.25, -0.2) is 0 Å². The minimum atomic E-state index is -1.57. The molecule has 1 aliphatic heterocycles. The van der Waals surface area contributed by atoms with Crippen molar-refractivity contribution in [3.05, 3.63) is 24.3 Å². The molecule has 1 aliphatic rings. The number of aliphatic hydroxyl groups excluding tert-OH is 5. The Morgan fingerprint density at radius 1 is 0.508 bits per heavy atom. The molecule has 0 saturated carbocycles. The molecule has 384 valence electrons. The van der Waals surface area contributed by atoms with E-state index in [-0.39, 0.29) is 12.5 Å². The lowest BCUT2D eigenvalue weighted by Gasteiger charge is -2.40. The molecule has 1 heterocycles. The van der Waals surface area contributed by atoms with E-state index in [9.17, 15) is 30.3 Å². The molecule has 0 aromatic heterocycles. The quantitative estimate of drug-likeness (QED) is 0.0261. The second kappa shape index (κ2) is 46.4. The van der Waals surface area contributed by atoms with Crippen LogP contribution in [0.5, 0.6) is 0 Å². The molecule has 0 aliphatic carbocycles. The van der Waals surface area contributed by atoms with Crippen LogP contribution in [0.2, 0.25) is 0 Å². The van der Waals surface area contributed by atoms with E-state index in [0.717, 1.165) is 38.5 Å². The van der Waals surface area contributed by atoms with Crippen LogP contribution in [0, 0.1) is 0 Å². The molecule has 0 aromatic carbocycles. The molecule has 7 atom stereocenters. The monoisotopic (exact) mass is 922 g/mol. The van der Waals surface area contributed by atoms with Crippen molar-refractivity contribution in [1.29, 1.82) is 0 Å². The fourth-order valence-electron chi connectivity index (χ4n) is 9.06. The Morgan fingerprint density at radius 2 is 0.877 bits per heavy atom. The first kappa shape index (κ1) is 61.7. The summed E-state index contributed by atoms with van der Waals surface area (Å²) in [5.41, 5.74) is 0. The topological polar surface area (TPSA) is 149 Å². The number of nitrogens with one attached hydrogen (secondary N) is 1. The van der Waals surface area contributed by atoms with Gasteiger partial charge in [-0.2, -0.15) is 0 Å². The average Bonchev–Trinajstić information content (AvgIpc) is 3.31. The van der Waals surface area contributed by atoms with E-state index in [1.165, 1.54) is 212 Å². The summed E-state index contributed by atoms with van der Waals surface area (Å²) in [6, 6.07) is -0.816. The highest BCUT2D eigenvalue weighted by Crippen LogP contribution is 2.23. The van der Waals surface area contributed by atoms with Crippen LogP contribution in [0.1, 0.15) is 271 Å². The van der Waals surface area contributed by atoms with Crippen LogP contribution < -0.4 is 5.32 Å². The van der Waals surface area contributed by atoms with Crippen LogP contribution in [0.25, 0.3) is 0 Å². The summed E-state index contributed by atoms with van der Waals surface area (Å²) in [6.07, 6.45) is 51.4. The van der Waals surface area contributed by atoms with Crippen molar-refractivity contribution in [2.24, 2.45) is 0 Å². The zero-order valence-electron chi connectivity index (χ0n) is 42.5. The zero-order chi connectivity index (χ0) is 47.3. The molecule has 0 aromatic rings. The number of aliphatic hydroxyl groups is 5. The van der Waals surface area contributed by atoms with Gasteiger partial charge in [-0.05, 0) is 32.1 Å². The Kier molecular flexibility index (Phi) is 44.0. The normalized spacial score (nSPS) is 20.0. The number of allylic oxidation sites excluding steroid dienone is 3. The molecule has 0 bridgehead atoms. The molecule has 9 heteroatoms. The fourth-order valence-corrected chi connectivity index (χ4v) is 9.06. The van der Waals surface area contributed by atoms with Crippen LogP contribution in [-0.4, -0.2) is 87.5 Å². The molecule has 6 N–H and O–H groups in total. The first-order chi connectivity index (χ1) is 31.8. The Balaban J connectivity index is 2.07. The second-order valence-corrected chi connectivity index (χ2v) is 19.7. The highest BCUT2D eigenvalue weighted by atomic mass is 16.7. The van der Waals surface area contributed by atoms with Crippen molar-refractivity contribution in [1.82, 2.24) is 5.32 Å². The van der Waals surface area contributed by atoms with Gasteiger partial charge in [0.25, 0.3) is 0 Å². The van der Waals surface area contributed by atoms with E-state index in [1.54, 1.807) is 6.08 Å². The van der Waals surface area contributed by atoms with Crippen molar-refractivity contribution in [2.45, 2.75) is 314 Å². The lowest BCUT2D eigenvalue weighted by Crippen LogP contribution is -2.60. The number of hydrogen-bond donors (Lipinski definition) is 6. The number of ether oxygens (including phenoxy) is 2. The molecule has 1 saturated heterocycles. The lowest BCUT2D eigenvalue weighted by molar-refractivity contribution is -0.302. The fraction of sp³-hybridized carbons (Fsp3) is 0.911. The van der Waals surface area contributed by atoms with Crippen LogP contribution in [0.15, 0.2) is 24.3 Å². The minimum absolute atomic E-state index is 0.184. The third kappa shape index (κ3) is 36.3. The predicted octanol–water partition coefficient (Wildman–Crippen LogP) is 13.4. The summed E-state index contributed by atoms with van der Waals surface area (Å²) < 4.78 is 11.2. The summed E-state index contributed by atoms with van der Waals surface area (Å²) in [7, 11) is 0. The van der Waals surface area contributed by atoms with Crippen molar-refractivity contribution >= 4 is 5.91 Å². The average molecular weight is 922 g/mol. The molecule has 1 amide bonds. The largest absolute Gasteiger partial charge is 0.394 e. The first-order valence-corrected chi connectivity index (χ1v) is 28.1. The number of rotatable bonds is 48. The minimum Gasteiger partial charge on any atom is -0.394 e. The van der Waals surface area contributed by atoms with Gasteiger partial charge >= 0.3 is 0 Å². The first-order valence-electron chi connectivity index (χ1n) is 28.1. The van der Waals surface area contributed by atoms with Gasteiger partial charge in [0.1, 0.15) is 24.4 Å². The number of hydrogen-bond acceptors (Lipinski definition) is 8. The number of carbonyl (C=O) groups excluding carboxylic acids is 1. The van der Waals surface area contributed by atoms with Gasteiger partial charge in [-0.1, -0.05) is 256 Å². The molecule has 9 nitrogen and oxygen atoms in total. The summed E-state index contributed by atoms with van der Waals surface area (Å²) in [6.45, 7) is 3.74. The zero-order valence-corrected chi connectivity index (χ0v) is 42.5. The Bertz CT molecular complexity index is 1070. The smallest absolute Gasteiger partial charge is 0.220 e. The number of carbonyl (C=O) groups is 1. The maximum absolute atomic E-state index is 13.0. The van der Waals surface area contributed by atoms with E-state index in [0.29, 0.717) is 6.42 Å². The van der Waals surface area contributed by atoms with Crippen LogP contribution in [0.3, 0.4) is 0 Å². The van der Waals surface area contributed by atoms with Gasteiger partial charge in [-0.3, -0.25) is 4.79 Å². The number of amides is 1. The molecule has 7 unspecified atom stereocenters. The van der Waals surface area contributed by atoms with Crippen LogP contribution in [-0.2, 0) is 14.3 Å². The van der Waals surface area contributed by atoms with Gasteiger partial charge in [0.2, 0.25) is 5.91 Å². The van der Waals surface area contributed by atoms with E-state index < -0.39 is 49.5 Å². The Hall–Kier alpha value is -1.33. The van der Waals surface area contributed by atoms with Crippen molar-refractivity contribution in [3.63, 3.8) is 0 Å². The summed E-state index contributed by atoms with van der Waals surface area (Å²) >= 11 is 0. The molecular formula is C56H107NO8. The van der Waals surface area contributed by atoms with E-state index in [2.05, 4.69) is 31.3 Å². The van der Waals surface area contributed by atoms with Crippen molar-refractivity contribution < 1.29 is 39.8 Å². The molecule has 65 heavy (non-hydrogen) atoms. The van der Waals surface area contributed by atoms with Gasteiger partial charge < -0.3 is 40.3 Å². The van der Waals surface area contributed by atoms with Gasteiger partial charge in [0, 0.05) is 6.42 Å². The summed E-state index contributed by atoms with van der Waals surface area (Å²) in [5, 5.41) is 54.2. The Morgan fingerprint density at radius 3 is 1.29 bits per heavy atom. The highest BCUT2D eigenvalue weighted by Gasteiger charge is 2.44. The van der Waals surface area contributed by atoms with E-state index >= 15 is 0 Å². The molecule has 1 fully saturated rings. The molecule has 1 rings (SSSR count). The predicted molar refractivity (Wildman–Crippen MR) is 272 cm³/mol. The van der Waals surface area contributed by atoms with Crippen molar-refractivity contribution in [2.75, 3.05) is 13.2 Å². The highest BCUT2D eigenvalue weighted by molar-refractivity contribution is 5.76. The maximum Gasteiger partial charge on any atom is 0.220 e. The SMILES string of the molecule is CCCCCC/C=C/CC/C=C/C(O)C(COC1OC(CO)C(O)C(O)C1O)NC(=O)CCCCCCCCCCCCCCCCCCCCCCCCCCCCCCCCCC. The summed E-state index contributed by atoms with van der Waals surface area (Å²) in [5.74, 6) is -0.184.